The Balaban J connectivity index is 3.42. The normalized spacial score (nSPS) is 10.7. The molecule has 0 atom stereocenters. The van der Waals surface area contributed by atoms with Crippen LogP contribution in [-0.4, -0.2) is 16.1 Å². The molecule has 0 unspecified atom stereocenters. The van der Waals surface area contributed by atoms with Gasteiger partial charge in [0.25, 0.3) is 6.43 Å². The first kappa shape index (κ1) is 12.0. The van der Waals surface area contributed by atoms with Crippen molar-refractivity contribution in [1.82, 2.24) is 4.98 Å². The van der Waals surface area contributed by atoms with Crippen LogP contribution in [0.5, 0.6) is 0 Å². The number of carboxylic acids is 1. The molecule has 0 aliphatic rings. The molecule has 1 heterocycles. The minimum Gasteiger partial charge on any atom is -0.478 e. The Bertz CT molecular complexity index is 396. The van der Waals surface area contributed by atoms with Gasteiger partial charge in [-0.2, -0.15) is 0 Å². The summed E-state index contributed by atoms with van der Waals surface area (Å²) in [6.07, 6.45) is -1.62. The number of pyridine rings is 1. The van der Waals surface area contributed by atoms with Gasteiger partial charge in [0.1, 0.15) is 0 Å². The topological polar surface area (TPSA) is 50.2 Å². The van der Waals surface area contributed by atoms with E-state index in [2.05, 4.69) is 20.9 Å². The van der Waals surface area contributed by atoms with Crippen molar-refractivity contribution in [1.29, 1.82) is 0 Å². The Morgan fingerprint density at radius 2 is 2.27 bits per heavy atom. The van der Waals surface area contributed by atoms with E-state index < -0.39 is 12.4 Å². The van der Waals surface area contributed by atoms with E-state index in [1.54, 1.807) is 0 Å². The number of aromatic carboxylic acids is 1. The Kier molecular flexibility index (Phi) is 3.73. The molecule has 15 heavy (non-hydrogen) atoms. The van der Waals surface area contributed by atoms with Crippen molar-refractivity contribution in [2.45, 2.75) is 18.7 Å². The Labute approximate surface area is 93.3 Å². The van der Waals surface area contributed by atoms with Gasteiger partial charge in [0.05, 0.1) is 11.3 Å². The largest absolute Gasteiger partial charge is 0.478 e. The lowest BCUT2D eigenvalue weighted by Crippen LogP contribution is -2.08. The number of aromatic nitrogens is 1. The number of alkyl halides is 3. The van der Waals surface area contributed by atoms with Gasteiger partial charge in [-0.05, 0) is 12.5 Å². The third-order valence-corrected chi connectivity index (χ3v) is 2.57. The number of hydrogen-bond acceptors (Lipinski definition) is 2. The lowest BCUT2D eigenvalue weighted by atomic mass is 10.0. The van der Waals surface area contributed by atoms with E-state index in [4.69, 9.17) is 5.11 Å². The molecule has 0 fully saturated rings. The summed E-state index contributed by atoms with van der Waals surface area (Å²) in [4.78, 5) is 14.4. The van der Waals surface area contributed by atoms with Gasteiger partial charge in [0.15, 0.2) is 0 Å². The van der Waals surface area contributed by atoms with Crippen molar-refractivity contribution in [2.24, 2.45) is 0 Å². The molecule has 82 valence electrons. The second-order valence-corrected chi connectivity index (χ2v) is 3.46. The number of halogens is 3. The SMILES string of the molecule is Cc1c(C(=O)O)cnc(CBr)c1C(F)F. The van der Waals surface area contributed by atoms with Crippen LogP contribution in [0.15, 0.2) is 6.20 Å². The van der Waals surface area contributed by atoms with Crippen LogP contribution < -0.4 is 0 Å². The Morgan fingerprint density at radius 1 is 1.67 bits per heavy atom. The zero-order valence-corrected chi connectivity index (χ0v) is 9.38. The molecule has 0 saturated carbocycles. The van der Waals surface area contributed by atoms with Gasteiger partial charge in [-0.1, -0.05) is 15.9 Å². The molecule has 0 bridgehead atoms. The predicted octanol–water partition coefficient (Wildman–Crippen LogP) is 2.92. The standard InChI is InChI=1S/C9H8BrF2NO2/c1-4-5(9(14)15)3-13-6(2-10)7(4)8(11)12/h3,8H,2H2,1H3,(H,14,15). The van der Waals surface area contributed by atoms with E-state index in [0.717, 1.165) is 6.20 Å². The molecule has 0 saturated heterocycles. The maximum absolute atomic E-state index is 12.7. The van der Waals surface area contributed by atoms with Gasteiger partial charge < -0.3 is 5.11 Å². The van der Waals surface area contributed by atoms with Gasteiger partial charge >= 0.3 is 5.97 Å². The average molecular weight is 280 g/mol. The minimum atomic E-state index is -2.72. The van der Waals surface area contributed by atoms with Crippen molar-refractivity contribution in [3.05, 3.63) is 28.6 Å². The first-order valence-corrected chi connectivity index (χ1v) is 5.17. The summed E-state index contributed by atoms with van der Waals surface area (Å²) < 4.78 is 25.3. The average Bonchev–Trinajstić information content (AvgIpc) is 2.15. The fourth-order valence-corrected chi connectivity index (χ4v) is 1.73. The summed E-state index contributed by atoms with van der Waals surface area (Å²) in [5, 5.41) is 8.91. The first-order chi connectivity index (χ1) is 6.99. The number of hydrogen-bond donors (Lipinski definition) is 1. The van der Waals surface area contributed by atoms with Crippen molar-refractivity contribution in [3.8, 4) is 0 Å². The third kappa shape index (κ3) is 2.31. The summed E-state index contributed by atoms with van der Waals surface area (Å²) in [6.45, 7) is 1.36. The van der Waals surface area contributed by atoms with Crippen LogP contribution >= 0.6 is 15.9 Å². The van der Waals surface area contributed by atoms with Crippen molar-refractivity contribution in [2.75, 3.05) is 0 Å². The fraction of sp³-hybridized carbons (Fsp3) is 0.333. The van der Waals surface area contributed by atoms with Gasteiger partial charge in [-0.15, -0.1) is 0 Å². The molecule has 0 radical (unpaired) electrons. The molecule has 3 nitrogen and oxygen atoms in total. The Hall–Kier alpha value is -1.04. The van der Waals surface area contributed by atoms with E-state index in [0.29, 0.717) is 0 Å². The van der Waals surface area contributed by atoms with Crippen molar-refractivity contribution >= 4 is 21.9 Å². The van der Waals surface area contributed by atoms with Crippen LogP contribution in [0.4, 0.5) is 8.78 Å². The molecule has 1 rings (SSSR count). The minimum absolute atomic E-state index is 0.0713. The molecular weight excluding hydrogens is 272 g/mol. The molecule has 0 spiro atoms. The molecule has 0 aliphatic carbocycles. The molecule has 1 aromatic rings. The summed E-state index contributed by atoms with van der Waals surface area (Å²) in [6, 6.07) is 0. The molecule has 0 aliphatic heterocycles. The number of carboxylic acid groups (broad SMARTS) is 1. The van der Waals surface area contributed by atoms with Crippen LogP contribution in [0, 0.1) is 6.92 Å². The van der Waals surface area contributed by atoms with Gasteiger partial charge in [0, 0.05) is 17.1 Å². The number of carbonyl (C=O) groups is 1. The highest BCUT2D eigenvalue weighted by Crippen LogP contribution is 2.28. The maximum Gasteiger partial charge on any atom is 0.337 e. The number of rotatable bonds is 3. The second-order valence-electron chi connectivity index (χ2n) is 2.90. The third-order valence-electron chi connectivity index (χ3n) is 2.04. The van der Waals surface area contributed by atoms with E-state index in [9.17, 15) is 13.6 Å². The van der Waals surface area contributed by atoms with Crippen LogP contribution in [0.25, 0.3) is 0 Å². The van der Waals surface area contributed by atoms with Crippen LogP contribution in [0.3, 0.4) is 0 Å². The smallest absolute Gasteiger partial charge is 0.337 e. The molecular formula is C9H8BrF2NO2. The summed E-state index contributed by atoms with van der Waals surface area (Å²) in [5.41, 5.74) is -0.240. The van der Waals surface area contributed by atoms with Gasteiger partial charge in [0.2, 0.25) is 0 Å². The van der Waals surface area contributed by atoms with Crippen molar-refractivity contribution in [3.63, 3.8) is 0 Å². The molecule has 1 N–H and O–H groups in total. The van der Waals surface area contributed by atoms with E-state index in [-0.39, 0.29) is 27.7 Å². The molecule has 1 aromatic heterocycles. The van der Waals surface area contributed by atoms with Gasteiger partial charge in [-0.3, -0.25) is 4.98 Å². The highest BCUT2D eigenvalue weighted by molar-refractivity contribution is 9.08. The lowest BCUT2D eigenvalue weighted by Gasteiger charge is -2.11. The summed E-state index contributed by atoms with van der Waals surface area (Å²) >= 11 is 3.03. The molecule has 0 amide bonds. The molecule has 0 aromatic carbocycles. The Morgan fingerprint density at radius 3 is 2.67 bits per heavy atom. The van der Waals surface area contributed by atoms with Gasteiger partial charge in [-0.25, -0.2) is 13.6 Å². The van der Waals surface area contributed by atoms with E-state index in [1.807, 2.05) is 0 Å². The van der Waals surface area contributed by atoms with Crippen LogP contribution in [0.2, 0.25) is 0 Å². The predicted molar refractivity (Wildman–Crippen MR) is 53.5 cm³/mol. The lowest BCUT2D eigenvalue weighted by molar-refractivity contribution is 0.0695. The van der Waals surface area contributed by atoms with E-state index in [1.165, 1.54) is 6.92 Å². The monoisotopic (exact) mass is 279 g/mol. The quantitative estimate of drug-likeness (QED) is 0.866. The van der Waals surface area contributed by atoms with E-state index >= 15 is 0 Å². The molecule has 6 heteroatoms. The number of nitrogens with zero attached hydrogens (tertiary/aromatic N) is 1. The maximum atomic E-state index is 12.7. The zero-order valence-electron chi connectivity index (χ0n) is 7.80. The highest BCUT2D eigenvalue weighted by Gasteiger charge is 2.21. The highest BCUT2D eigenvalue weighted by atomic mass is 79.9. The first-order valence-electron chi connectivity index (χ1n) is 4.04. The zero-order chi connectivity index (χ0) is 11.6. The van der Waals surface area contributed by atoms with Crippen molar-refractivity contribution < 1.29 is 18.7 Å². The van der Waals surface area contributed by atoms with Crippen LogP contribution in [0.1, 0.15) is 33.6 Å². The second kappa shape index (κ2) is 4.65. The van der Waals surface area contributed by atoms with Crippen LogP contribution in [-0.2, 0) is 5.33 Å². The summed E-state index contributed by atoms with van der Waals surface area (Å²) in [7, 11) is 0. The summed E-state index contributed by atoms with van der Waals surface area (Å²) in [5.74, 6) is -1.25. The fourth-order valence-electron chi connectivity index (χ4n) is 1.28.